The van der Waals surface area contributed by atoms with E-state index in [2.05, 4.69) is 15.3 Å². The molecule has 1 amide bonds. The molecular formula is C28H26F4N6O. The molecule has 202 valence electrons. The van der Waals surface area contributed by atoms with Crippen LogP contribution in [0.3, 0.4) is 0 Å². The fraction of sp³-hybridized carbons (Fsp3) is 0.250. The van der Waals surface area contributed by atoms with Crippen molar-refractivity contribution in [1.29, 1.82) is 0 Å². The Labute approximate surface area is 222 Å². The number of carbonyl (C=O) groups is 1. The van der Waals surface area contributed by atoms with Crippen LogP contribution in [0.15, 0.2) is 60.8 Å². The number of anilines is 3. The number of alkyl halides is 3. The number of nitrogens with one attached hydrogen (secondary N) is 1. The van der Waals surface area contributed by atoms with Crippen LogP contribution in [0.5, 0.6) is 0 Å². The Bertz CT molecular complexity index is 1560. The largest absolute Gasteiger partial charge is 0.416 e. The highest BCUT2D eigenvalue weighted by Crippen LogP contribution is 2.35. The highest BCUT2D eigenvalue weighted by Gasteiger charge is 2.34. The number of carbonyl (C=O) groups excluding carboxylic acids is 1. The molecule has 4 aromatic rings. The second-order valence-electron chi connectivity index (χ2n) is 9.73. The van der Waals surface area contributed by atoms with E-state index in [9.17, 15) is 22.4 Å². The van der Waals surface area contributed by atoms with Crippen LogP contribution in [-0.4, -0.2) is 54.0 Å². The number of halogens is 4. The molecule has 1 aliphatic rings. The van der Waals surface area contributed by atoms with E-state index in [1.54, 1.807) is 30.5 Å². The van der Waals surface area contributed by atoms with Crippen LogP contribution in [0, 0.1) is 5.82 Å². The van der Waals surface area contributed by atoms with Gasteiger partial charge in [0.2, 0.25) is 5.95 Å². The van der Waals surface area contributed by atoms with E-state index in [-0.39, 0.29) is 23.2 Å². The van der Waals surface area contributed by atoms with Crippen molar-refractivity contribution < 1.29 is 22.4 Å². The number of hydrogen-bond donors (Lipinski definition) is 2. The minimum Gasteiger partial charge on any atom is -0.369 e. The van der Waals surface area contributed by atoms with Gasteiger partial charge in [-0.25, -0.2) is 14.4 Å². The van der Waals surface area contributed by atoms with Crippen LogP contribution in [0.25, 0.3) is 22.0 Å². The summed E-state index contributed by atoms with van der Waals surface area (Å²) >= 11 is 0. The minimum absolute atomic E-state index is 0.141. The molecule has 39 heavy (non-hydrogen) atoms. The second-order valence-corrected chi connectivity index (χ2v) is 9.73. The van der Waals surface area contributed by atoms with Crippen LogP contribution in [0.2, 0.25) is 0 Å². The maximum atomic E-state index is 14.8. The molecule has 0 unspecified atom stereocenters. The molecule has 1 aliphatic heterocycles. The van der Waals surface area contributed by atoms with Crippen molar-refractivity contribution in [2.45, 2.75) is 18.6 Å². The summed E-state index contributed by atoms with van der Waals surface area (Å²) in [5.41, 5.74) is 6.66. The van der Waals surface area contributed by atoms with Gasteiger partial charge in [0.25, 0.3) is 5.91 Å². The van der Waals surface area contributed by atoms with Gasteiger partial charge >= 0.3 is 6.18 Å². The molecule has 0 bridgehead atoms. The number of nitrogens with zero attached hydrogens (tertiary/aromatic N) is 4. The molecule has 2 heterocycles. The third-order valence-electron chi connectivity index (χ3n) is 6.95. The molecule has 3 aromatic carbocycles. The van der Waals surface area contributed by atoms with E-state index < -0.39 is 23.5 Å². The number of nitrogen functional groups attached to an aromatic ring is 1. The van der Waals surface area contributed by atoms with Crippen molar-refractivity contribution in [3.05, 3.63) is 77.7 Å². The first-order valence-corrected chi connectivity index (χ1v) is 12.3. The van der Waals surface area contributed by atoms with E-state index in [1.165, 1.54) is 18.2 Å². The third kappa shape index (κ3) is 5.49. The molecule has 0 saturated carbocycles. The summed E-state index contributed by atoms with van der Waals surface area (Å²) in [5.74, 6) is -1.41. The lowest BCUT2D eigenvalue weighted by molar-refractivity contribution is -0.137. The first kappa shape index (κ1) is 26.4. The van der Waals surface area contributed by atoms with Crippen LogP contribution in [0.4, 0.5) is 34.9 Å². The molecule has 5 rings (SSSR count). The summed E-state index contributed by atoms with van der Waals surface area (Å²) < 4.78 is 55.5. The third-order valence-corrected chi connectivity index (χ3v) is 6.95. The highest BCUT2D eigenvalue weighted by atomic mass is 19.4. The number of fused-ring (bicyclic) bond motifs is 1. The van der Waals surface area contributed by atoms with Crippen molar-refractivity contribution >= 4 is 34.1 Å². The van der Waals surface area contributed by atoms with E-state index in [1.807, 2.05) is 23.9 Å². The Morgan fingerprint density at radius 1 is 1.08 bits per heavy atom. The van der Waals surface area contributed by atoms with E-state index in [0.29, 0.717) is 40.8 Å². The summed E-state index contributed by atoms with van der Waals surface area (Å²) in [7, 11) is 3.87. The molecule has 0 radical (unpaired) electrons. The van der Waals surface area contributed by atoms with Crippen LogP contribution in [-0.2, 0) is 6.18 Å². The van der Waals surface area contributed by atoms with Crippen molar-refractivity contribution in [2.75, 3.05) is 43.1 Å². The molecule has 0 aliphatic carbocycles. The van der Waals surface area contributed by atoms with Gasteiger partial charge in [-0.15, -0.1) is 0 Å². The number of hydrogen-bond acceptors (Lipinski definition) is 6. The van der Waals surface area contributed by atoms with Gasteiger partial charge in [-0.2, -0.15) is 13.2 Å². The number of amides is 1. The lowest BCUT2D eigenvalue weighted by Crippen LogP contribution is -2.32. The molecule has 7 nitrogen and oxygen atoms in total. The topological polar surface area (TPSA) is 87.4 Å². The molecule has 11 heteroatoms. The lowest BCUT2D eigenvalue weighted by atomic mass is 10.0. The Morgan fingerprint density at radius 3 is 2.54 bits per heavy atom. The van der Waals surface area contributed by atoms with Gasteiger partial charge in [0, 0.05) is 36.4 Å². The molecular weight excluding hydrogens is 512 g/mol. The highest BCUT2D eigenvalue weighted by molar-refractivity contribution is 6.08. The van der Waals surface area contributed by atoms with Crippen molar-refractivity contribution in [2.24, 2.45) is 0 Å². The molecule has 1 saturated heterocycles. The quantitative estimate of drug-likeness (QED) is 0.330. The standard InChI is InChI=1S/C28H26F4N6O/c1-37(2)20-9-10-38(15-20)25-8-5-19(28(30,31)32)13-21(25)26(39)35-24-12-17(3-6-22(24)29)16-4-7-23-18(11-16)14-34-27(33)36-23/h3-8,11-14,20H,9-10,15H2,1-2H3,(H,35,39)(H2,33,34,36)/t20-/m1/s1. The maximum absolute atomic E-state index is 14.8. The van der Waals surface area contributed by atoms with Gasteiger partial charge in [-0.3, -0.25) is 4.79 Å². The van der Waals surface area contributed by atoms with E-state index in [0.717, 1.165) is 18.6 Å². The van der Waals surface area contributed by atoms with Crippen molar-refractivity contribution in [3.63, 3.8) is 0 Å². The van der Waals surface area contributed by atoms with Gasteiger partial charge in [0.15, 0.2) is 0 Å². The van der Waals surface area contributed by atoms with Crippen molar-refractivity contribution in [3.8, 4) is 11.1 Å². The van der Waals surface area contributed by atoms with Gasteiger partial charge in [0.05, 0.1) is 22.3 Å². The number of benzene rings is 3. The van der Waals surface area contributed by atoms with Crippen molar-refractivity contribution in [1.82, 2.24) is 14.9 Å². The van der Waals surface area contributed by atoms with E-state index in [4.69, 9.17) is 5.73 Å². The predicted molar refractivity (Wildman–Crippen MR) is 143 cm³/mol. The maximum Gasteiger partial charge on any atom is 0.416 e. The minimum atomic E-state index is -4.64. The fourth-order valence-electron chi connectivity index (χ4n) is 4.77. The Kier molecular flexibility index (Phi) is 6.85. The fourth-order valence-corrected chi connectivity index (χ4v) is 4.77. The van der Waals surface area contributed by atoms with Gasteiger partial charge in [-0.05, 0) is 74.1 Å². The zero-order chi connectivity index (χ0) is 27.9. The monoisotopic (exact) mass is 538 g/mol. The zero-order valence-corrected chi connectivity index (χ0v) is 21.3. The number of nitrogens with two attached hydrogens (primary N) is 1. The molecule has 3 N–H and O–H groups in total. The molecule has 0 spiro atoms. The summed E-state index contributed by atoms with van der Waals surface area (Å²) in [6.07, 6.45) is -2.27. The first-order valence-electron chi connectivity index (χ1n) is 12.3. The van der Waals surface area contributed by atoms with Crippen LogP contribution >= 0.6 is 0 Å². The van der Waals surface area contributed by atoms with Gasteiger partial charge in [-0.1, -0.05) is 12.1 Å². The first-order chi connectivity index (χ1) is 18.5. The Balaban J connectivity index is 1.48. The zero-order valence-electron chi connectivity index (χ0n) is 21.3. The second kappa shape index (κ2) is 10.1. The molecule has 1 aromatic heterocycles. The number of aromatic nitrogens is 2. The average molecular weight is 539 g/mol. The Morgan fingerprint density at radius 2 is 1.82 bits per heavy atom. The van der Waals surface area contributed by atoms with Gasteiger partial charge in [0.1, 0.15) is 5.82 Å². The summed E-state index contributed by atoms with van der Waals surface area (Å²) in [5, 5.41) is 3.21. The van der Waals surface area contributed by atoms with E-state index >= 15 is 0 Å². The SMILES string of the molecule is CN(C)[C@@H]1CCN(c2ccc(C(F)(F)F)cc2C(=O)Nc2cc(-c3ccc4nc(N)ncc4c3)ccc2F)C1. The molecule has 1 atom stereocenters. The number of likely N-dealkylation sites (N-methyl/N-ethyl adjacent to an activating group) is 1. The smallest absolute Gasteiger partial charge is 0.369 e. The van der Waals surface area contributed by atoms with Crippen LogP contribution < -0.4 is 16.0 Å². The van der Waals surface area contributed by atoms with Gasteiger partial charge < -0.3 is 20.9 Å². The normalized spacial score (nSPS) is 15.8. The lowest BCUT2D eigenvalue weighted by Gasteiger charge is -2.24. The number of rotatable bonds is 5. The Hall–Kier alpha value is -4.25. The molecule has 1 fully saturated rings. The summed E-state index contributed by atoms with van der Waals surface area (Å²) in [6.45, 7) is 1.13. The predicted octanol–water partition coefficient (Wildman–Crippen LogP) is 5.43. The van der Waals surface area contributed by atoms with Crippen LogP contribution in [0.1, 0.15) is 22.3 Å². The summed E-state index contributed by atoms with van der Waals surface area (Å²) in [6, 6.07) is 12.8. The summed E-state index contributed by atoms with van der Waals surface area (Å²) in [4.78, 5) is 25.5. The average Bonchev–Trinajstić information content (AvgIpc) is 3.39.